The summed E-state index contributed by atoms with van der Waals surface area (Å²) in [6, 6.07) is 9.85. The Bertz CT molecular complexity index is 736. The van der Waals surface area contributed by atoms with Crippen molar-refractivity contribution in [3.05, 3.63) is 63.1 Å². The molecule has 0 bridgehead atoms. The van der Waals surface area contributed by atoms with Crippen LogP contribution in [0.1, 0.15) is 22.0 Å². The number of hydrogen-bond donors (Lipinski definition) is 3. The molecule has 22 heavy (non-hydrogen) atoms. The zero-order valence-corrected chi connectivity index (χ0v) is 13.6. The molecule has 2 aromatic carbocycles. The van der Waals surface area contributed by atoms with Gasteiger partial charge in [0.1, 0.15) is 0 Å². The number of nitrogens with one attached hydrogen (secondary N) is 1. The summed E-state index contributed by atoms with van der Waals surface area (Å²) < 4.78 is 0.728. The lowest BCUT2D eigenvalue weighted by Crippen LogP contribution is -2.34. The van der Waals surface area contributed by atoms with E-state index < -0.39 is 17.9 Å². The number of nitrogens with two attached hydrogens (primary N) is 1. The van der Waals surface area contributed by atoms with E-state index in [4.69, 9.17) is 17.3 Å². The third kappa shape index (κ3) is 3.78. The first-order valence-corrected chi connectivity index (χ1v) is 7.39. The first kappa shape index (κ1) is 16.3. The van der Waals surface area contributed by atoms with Crippen LogP contribution in [0.15, 0.2) is 46.9 Å². The molecule has 0 aliphatic heterocycles. The van der Waals surface area contributed by atoms with Gasteiger partial charge in [0, 0.05) is 15.2 Å². The number of rotatable bonds is 4. The Kier molecular flexibility index (Phi) is 5.05. The van der Waals surface area contributed by atoms with Gasteiger partial charge in [-0.25, -0.2) is 4.79 Å². The number of carbonyl (C=O) groups is 2. The fourth-order valence-electron chi connectivity index (χ4n) is 1.92. The minimum atomic E-state index is -1.21. The van der Waals surface area contributed by atoms with Crippen molar-refractivity contribution < 1.29 is 14.7 Å². The van der Waals surface area contributed by atoms with Crippen LogP contribution in [0.5, 0.6) is 0 Å². The summed E-state index contributed by atoms with van der Waals surface area (Å²) in [5.74, 6) is -1.76. The summed E-state index contributed by atoms with van der Waals surface area (Å²) in [6.07, 6.45) is 0. The smallest absolute Gasteiger partial charge is 0.330 e. The van der Waals surface area contributed by atoms with E-state index in [1.165, 1.54) is 12.1 Å². The molecule has 1 amide bonds. The zero-order chi connectivity index (χ0) is 16.3. The molecule has 0 aliphatic rings. The normalized spacial score (nSPS) is 11.7. The number of amides is 1. The minimum absolute atomic E-state index is 0.205. The highest BCUT2D eigenvalue weighted by atomic mass is 79.9. The van der Waals surface area contributed by atoms with Crippen LogP contribution in [0, 0.1) is 0 Å². The van der Waals surface area contributed by atoms with Crippen LogP contribution < -0.4 is 11.1 Å². The van der Waals surface area contributed by atoms with Gasteiger partial charge in [-0.1, -0.05) is 39.7 Å². The molecule has 4 N–H and O–H groups in total. The van der Waals surface area contributed by atoms with Gasteiger partial charge in [0.2, 0.25) is 0 Å². The maximum Gasteiger partial charge on any atom is 0.330 e. The molecule has 1 atom stereocenters. The third-order valence-electron chi connectivity index (χ3n) is 2.96. The van der Waals surface area contributed by atoms with Crippen molar-refractivity contribution in [2.75, 3.05) is 5.73 Å². The molecule has 0 aliphatic carbocycles. The van der Waals surface area contributed by atoms with Crippen LogP contribution in [0.2, 0.25) is 5.02 Å². The van der Waals surface area contributed by atoms with Crippen LogP contribution in [0.25, 0.3) is 0 Å². The predicted octanol–water partition coefficient (Wildman–Crippen LogP) is 3.24. The van der Waals surface area contributed by atoms with Crippen LogP contribution in [0.4, 0.5) is 5.69 Å². The fourth-order valence-corrected chi connectivity index (χ4v) is 2.50. The molecule has 0 aromatic heterocycles. The zero-order valence-electron chi connectivity index (χ0n) is 11.2. The molecule has 0 radical (unpaired) electrons. The number of aliphatic carboxylic acids is 1. The quantitative estimate of drug-likeness (QED) is 0.707. The highest BCUT2D eigenvalue weighted by Crippen LogP contribution is 2.21. The highest BCUT2D eigenvalue weighted by molar-refractivity contribution is 9.10. The summed E-state index contributed by atoms with van der Waals surface area (Å²) in [5.41, 5.74) is 6.61. The van der Waals surface area contributed by atoms with Gasteiger partial charge in [0.15, 0.2) is 6.04 Å². The van der Waals surface area contributed by atoms with Crippen LogP contribution in [-0.4, -0.2) is 17.0 Å². The molecule has 0 fully saturated rings. The van der Waals surface area contributed by atoms with E-state index in [2.05, 4.69) is 21.2 Å². The van der Waals surface area contributed by atoms with Crippen molar-refractivity contribution in [2.24, 2.45) is 0 Å². The summed E-state index contributed by atoms with van der Waals surface area (Å²) in [4.78, 5) is 23.7. The number of halogens is 2. The van der Waals surface area contributed by atoms with Gasteiger partial charge in [-0.05, 0) is 35.9 Å². The van der Waals surface area contributed by atoms with Crippen molar-refractivity contribution >= 4 is 45.1 Å². The lowest BCUT2D eigenvalue weighted by atomic mass is 10.1. The average Bonchev–Trinajstić information content (AvgIpc) is 2.44. The second-order valence-electron chi connectivity index (χ2n) is 4.53. The summed E-state index contributed by atoms with van der Waals surface area (Å²) in [5, 5.41) is 12.2. The molecule has 0 heterocycles. The second-order valence-corrected chi connectivity index (χ2v) is 5.88. The Balaban J connectivity index is 2.28. The number of benzene rings is 2. The van der Waals surface area contributed by atoms with Crippen LogP contribution >= 0.6 is 27.5 Å². The molecule has 2 aromatic rings. The van der Waals surface area contributed by atoms with Crippen LogP contribution in [0.3, 0.4) is 0 Å². The Morgan fingerprint density at radius 3 is 2.55 bits per heavy atom. The third-order valence-corrected chi connectivity index (χ3v) is 3.69. The monoisotopic (exact) mass is 382 g/mol. The number of anilines is 1. The molecule has 0 spiro atoms. The molecule has 7 heteroatoms. The van der Waals surface area contributed by atoms with E-state index in [9.17, 15) is 14.7 Å². The van der Waals surface area contributed by atoms with E-state index in [0.29, 0.717) is 10.6 Å². The van der Waals surface area contributed by atoms with Crippen molar-refractivity contribution in [1.82, 2.24) is 5.32 Å². The Morgan fingerprint density at radius 1 is 1.23 bits per heavy atom. The van der Waals surface area contributed by atoms with Gasteiger partial charge < -0.3 is 16.2 Å². The van der Waals surface area contributed by atoms with Gasteiger partial charge in [0.25, 0.3) is 5.91 Å². The number of carboxylic acid groups (broad SMARTS) is 1. The average molecular weight is 384 g/mol. The number of carboxylic acids is 1. The Hall–Kier alpha value is -2.05. The molecule has 1 unspecified atom stereocenters. The first-order valence-electron chi connectivity index (χ1n) is 6.22. The highest BCUT2D eigenvalue weighted by Gasteiger charge is 2.23. The molecular weight excluding hydrogens is 372 g/mol. The number of nitrogen functional groups attached to an aromatic ring is 1. The van der Waals surface area contributed by atoms with Crippen molar-refractivity contribution in [3.8, 4) is 0 Å². The Morgan fingerprint density at radius 2 is 1.95 bits per heavy atom. The lowest BCUT2D eigenvalue weighted by molar-refractivity contribution is -0.139. The SMILES string of the molecule is Nc1cc(Br)ccc1C(=O)NC(C(=O)O)c1cccc(Cl)c1. The van der Waals surface area contributed by atoms with E-state index in [1.54, 1.807) is 30.3 Å². The standard InChI is InChI=1S/C15H12BrClN2O3/c16-9-4-5-11(12(18)7-9)14(20)19-13(15(21)22)8-2-1-3-10(17)6-8/h1-7,13H,18H2,(H,19,20)(H,21,22). The maximum atomic E-state index is 12.2. The predicted molar refractivity (Wildman–Crippen MR) is 87.8 cm³/mol. The van der Waals surface area contributed by atoms with E-state index >= 15 is 0 Å². The van der Waals surface area contributed by atoms with Gasteiger partial charge >= 0.3 is 5.97 Å². The maximum absolute atomic E-state index is 12.2. The molecular formula is C15H12BrClN2O3. The van der Waals surface area contributed by atoms with E-state index in [0.717, 1.165) is 4.47 Å². The van der Waals surface area contributed by atoms with Gasteiger partial charge in [0.05, 0.1) is 5.56 Å². The molecule has 0 saturated carbocycles. The fraction of sp³-hybridized carbons (Fsp3) is 0.0667. The molecule has 0 saturated heterocycles. The van der Waals surface area contributed by atoms with Gasteiger partial charge in [-0.3, -0.25) is 4.79 Å². The topological polar surface area (TPSA) is 92.4 Å². The molecule has 2 rings (SSSR count). The van der Waals surface area contributed by atoms with Crippen molar-refractivity contribution in [1.29, 1.82) is 0 Å². The molecule has 114 valence electrons. The second kappa shape index (κ2) is 6.81. The van der Waals surface area contributed by atoms with Crippen molar-refractivity contribution in [2.45, 2.75) is 6.04 Å². The lowest BCUT2D eigenvalue weighted by Gasteiger charge is -2.16. The number of carbonyl (C=O) groups excluding carboxylic acids is 1. The van der Waals surface area contributed by atoms with E-state index in [1.807, 2.05) is 0 Å². The van der Waals surface area contributed by atoms with Crippen LogP contribution in [-0.2, 0) is 4.79 Å². The number of hydrogen-bond acceptors (Lipinski definition) is 3. The van der Waals surface area contributed by atoms with Gasteiger partial charge in [-0.15, -0.1) is 0 Å². The summed E-state index contributed by atoms with van der Waals surface area (Å²) >= 11 is 9.10. The summed E-state index contributed by atoms with van der Waals surface area (Å²) in [7, 11) is 0. The summed E-state index contributed by atoms with van der Waals surface area (Å²) in [6.45, 7) is 0. The largest absolute Gasteiger partial charge is 0.479 e. The molecule has 5 nitrogen and oxygen atoms in total. The first-order chi connectivity index (χ1) is 10.4. The van der Waals surface area contributed by atoms with E-state index in [-0.39, 0.29) is 11.3 Å². The van der Waals surface area contributed by atoms with Crippen molar-refractivity contribution in [3.63, 3.8) is 0 Å². The Labute approximate surface area is 140 Å². The minimum Gasteiger partial charge on any atom is -0.479 e. The van der Waals surface area contributed by atoms with Gasteiger partial charge in [-0.2, -0.15) is 0 Å².